The van der Waals surface area contributed by atoms with Crippen molar-refractivity contribution in [2.75, 3.05) is 9.80 Å². The van der Waals surface area contributed by atoms with Crippen LogP contribution in [0.4, 0.5) is 34.1 Å². The number of hydrogen-bond donors (Lipinski definition) is 0. The Bertz CT molecular complexity index is 3810. The standard InChI is InChI=1S/C73H65BN2/c1-70(2,3)52-33-38-58(39-34-52)76-66-45-55(71(4,5)6)35-41-63(66)74-64-44-51(48-21-13-10-14-22-48)32-42-65(64)75(67-46-56(72(7,8)9)47-68(76)69(67)74)57-36-29-49(30-37-57)50-31-40-60-59-27-19-20-28-61(59)73(62(60)43-50,53-23-15-11-16-24-53)54-25-17-12-18-26-54/h10-47H,1-9H3. The Morgan fingerprint density at radius 3 is 1.38 bits per heavy atom. The van der Waals surface area contributed by atoms with Gasteiger partial charge in [-0.2, -0.15) is 0 Å². The van der Waals surface area contributed by atoms with Gasteiger partial charge in [-0.25, -0.2) is 0 Å². The van der Waals surface area contributed by atoms with Gasteiger partial charge >= 0.3 is 0 Å². The van der Waals surface area contributed by atoms with Gasteiger partial charge in [0.1, 0.15) is 0 Å². The molecule has 0 atom stereocenters. The highest BCUT2D eigenvalue weighted by Crippen LogP contribution is 2.57. The summed E-state index contributed by atoms with van der Waals surface area (Å²) in [4.78, 5) is 5.16. The predicted molar refractivity (Wildman–Crippen MR) is 325 cm³/mol. The van der Waals surface area contributed by atoms with Gasteiger partial charge in [0.25, 0.3) is 6.71 Å². The zero-order chi connectivity index (χ0) is 52.3. The third-order valence-electron chi connectivity index (χ3n) is 16.8. The SMILES string of the molecule is CC(C)(C)c1ccc(N2c3cc(C(C)(C)C)ccc3B3c4cc(-c5ccccc5)ccc4N(c4ccc(-c5ccc6c(c5)C(c5ccccc5)(c5ccccc5)c5ccccc5-6)cc4)c4cc(C(C)(C)C)cc2c43)cc1. The van der Waals surface area contributed by atoms with Crippen LogP contribution >= 0.6 is 0 Å². The third kappa shape index (κ3) is 7.53. The molecular formula is C73H65BN2. The van der Waals surface area contributed by atoms with Gasteiger partial charge in [0.05, 0.1) is 5.41 Å². The normalized spacial score (nSPS) is 14.1. The fourth-order valence-corrected chi connectivity index (χ4v) is 12.8. The molecule has 3 heteroatoms. The number of hydrogen-bond acceptors (Lipinski definition) is 2. The van der Waals surface area contributed by atoms with E-state index in [2.05, 4.69) is 303 Å². The summed E-state index contributed by atoms with van der Waals surface area (Å²) in [6.45, 7) is 21.0. The van der Waals surface area contributed by atoms with Crippen molar-refractivity contribution >= 4 is 57.2 Å². The number of benzene rings is 10. The van der Waals surface area contributed by atoms with Crippen LogP contribution in [0.1, 0.15) is 101 Å². The average molecular weight is 981 g/mol. The first-order valence-electron chi connectivity index (χ1n) is 27.3. The molecule has 0 amide bonds. The van der Waals surface area contributed by atoms with Gasteiger partial charge in [-0.15, -0.1) is 0 Å². The van der Waals surface area contributed by atoms with Crippen LogP contribution in [0, 0.1) is 0 Å². The highest BCUT2D eigenvalue weighted by atomic mass is 15.2. The van der Waals surface area contributed by atoms with E-state index < -0.39 is 5.41 Å². The molecule has 0 saturated heterocycles. The lowest BCUT2D eigenvalue weighted by atomic mass is 9.33. The molecule has 76 heavy (non-hydrogen) atoms. The number of rotatable bonds is 6. The molecule has 3 aliphatic rings. The van der Waals surface area contributed by atoms with Crippen LogP contribution in [-0.2, 0) is 21.7 Å². The molecule has 0 aromatic heterocycles. The molecule has 10 aromatic rings. The summed E-state index contributed by atoms with van der Waals surface area (Å²) in [6.07, 6.45) is 0. The molecular weight excluding hydrogens is 916 g/mol. The van der Waals surface area contributed by atoms with Crippen LogP contribution in [0.25, 0.3) is 33.4 Å². The Morgan fingerprint density at radius 1 is 0.316 bits per heavy atom. The van der Waals surface area contributed by atoms with E-state index in [0.717, 1.165) is 5.69 Å². The van der Waals surface area contributed by atoms with Gasteiger partial charge < -0.3 is 9.80 Å². The minimum absolute atomic E-state index is 0.00708. The minimum atomic E-state index is -0.469. The fraction of sp³-hybridized carbons (Fsp3) is 0.178. The molecule has 2 aliphatic heterocycles. The lowest BCUT2D eigenvalue weighted by molar-refractivity contribution is 0.589. The van der Waals surface area contributed by atoms with Crippen LogP contribution in [0.3, 0.4) is 0 Å². The first kappa shape index (κ1) is 47.6. The van der Waals surface area contributed by atoms with Crippen LogP contribution in [0.5, 0.6) is 0 Å². The second kappa shape index (κ2) is 17.5. The van der Waals surface area contributed by atoms with Crippen LogP contribution < -0.4 is 26.2 Å². The zero-order valence-electron chi connectivity index (χ0n) is 45.4. The van der Waals surface area contributed by atoms with Gasteiger partial charge in [0.15, 0.2) is 0 Å². The van der Waals surface area contributed by atoms with Crippen LogP contribution in [0.2, 0.25) is 0 Å². The highest BCUT2D eigenvalue weighted by molar-refractivity contribution is 7.00. The number of anilines is 6. The summed E-state index contributed by atoms with van der Waals surface area (Å²) in [7, 11) is 0. The van der Waals surface area contributed by atoms with E-state index in [-0.39, 0.29) is 23.0 Å². The molecule has 0 fully saturated rings. The third-order valence-corrected chi connectivity index (χ3v) is 16.8. The van der Waals surface area contributed by atoms with Crippen molar-refractivity contribution in [3.05, 3.63) is 269 Å². The van der Waals surface area contributed by atoms with Crippen molar-refractivity contribution in [1.29, 1.82) is 0 Å². The second-order valence-electron chi connectivity index (χ2n) is 24.6. The van der Waals surface area contributed by atoms with E-state index in [1.807, 2.05) is 0 Å². The zero-order valence-corrected chi connectivity index (χ0v) is 45.4. The maximum absolute atomic E-state index is 2.59. The van der Waals surface area contributed by atoms with Gasteiger partial charge in [0.2, 0.25) is 0 Å². The topological polar surface area (TPSA) is 6.48 Å². The molecule has 13 rings (SSSR count). The fourth-order valence-electron chi connectivity index (χ4n) is 12.8. The Balaban J connectivity index is 1.02. The lowest BCUT2D eigenvalue weighted by Gasteiger charge is -2.45. The van der Waals surface area contributed by atoms with E-state index in [0.29, 0.717) is 0 Å². The first-order chi connectivity index (χ1) is 36.6. The molecule has 1 aliphatic carbocycles. The summed E-state index contributed by atoms with van der Waals surface area (Å²) in [6, 6.07) is 87.7. The largest absolute Gasteiger partial charge is 0.311 e. The first-order valence-corrected chi connectivity index (χ1v) is 27.3. The van der Waals surface area contributed by atoms with E-state index >= 15 is 0 Å². The predicted octanol–water partition coefficient (Wildman–Crippen LogP) is 17.4. The van der Waals surface area contributed by atoms with Gasteiger partial charge in [-0.05, 0) is 160 Å². The Hall–Kier alpha value is -8.14. The summed E-state index contributed by atoms with van der Waals surface area (Å²) in [5.41, 5.74) is 27.2. The summed E-state index contributed by atoms with van der Waals surface area (Å²) < 4.78 is 0. The van der Waals surface area contributed by atoms with Gasteiger partial charge in [0, 0.05) is 34.1 Å². The summed E-state index contributed by atoms with van der Waals surface area (Å²) in [5.74, 6) is 0. The molecule has 2 heterocycles. The molecule has 0 N–H and O–H groups in total. The van der Waals surface area contributed by atoms with E-state index in [9.17, 15) is 0 Å². The van der Waals surface area contributed by atoms with Crippen molar-refractivity contribution in [2.24, 2.45) is 0 Å². The lowest BCUT2D eigenvalue weighted by Crippen LogP contribution is -2.61. The van der Waals surface area contributed by atoms with E-state index in [1.54, 1.807) is 0 Å². The van der Waals surface area contributed by atoms with Crippen LogP contribution in [-0.4, -0.2) is 6.71 Å². The molecule has 10 aromatic carbocycles. The number of fused-ring (bicyclic) bond motifs is 7. The second-order valence-corrected chi connectivity index (χ2v) is 24.6. The van der Waals surface area contributed by atoms with Crippen molar-refractivity contribution in [3.8, 4) is 33.4 Å². The quantitative estimate of drug-likeness (QED) is 0.153. The van der Waals surface area contributed by atoms with Crippen molar-refractivity contribution in [2.45, 2.75) is 84.0 Å². The van der Waals surface area contributed by atoms with Gasteiger partial charge in [-0.3, -0.25) is 0 Å². The monoisotopic (exact) mass is 981 g/mol. The van der Waals surface area contributed by atoms with Crippen LogP contribution in [0.15, 0.2) is 231 Å². The van der Waals surface area contributed by atoms with Crippen molar-refractivity contribution in [3.63, 3.8) is 0 Å². The molecule has 0 bridgehead atoms. The summed E-state index contributed by atoms with van der Waals surface area (Å²) >= 11 is 0. The number of nitrogens with zero attached hydrogens (tertiary/aromatic N) is 2. The minimum Gasteiger partial charge on any atom is -0.311 e. The molecule has 0 saturated carbocycles. The van der Waals surface area contributed by atoms with E-state index in [1.165, 1.54) is 117 Å². The van der Waals surface area contributed by atoms with E-state index in [4.69, 9.17) is 0 Å². The highest BCUT2D eigenvalue weighted by Gasteiger charge is 2.47. The van der Waals surface area contributed by atoms with Crippen molar-refractivity contribution < 1.29 is 0 Å². The maximum atomic E-state index is 2.59. The Morgan fingerprint density at radius 2 is 0.776 bits per heavy atom. The molecule has 0 unspecified atom stereocenters. The molecule has 370 valence electrons. The Kier molecular flexibility index (Phi) is 10.9. The smallest absolute Gasteiger partial charge is 0.252 e. The molecule has 0 spiro atoms. The molecule has 0 radical (unpaired) electrons. The van der Waals surface area contributed by atoms with Crippen molar-refractivity contribution in [1.82, 2.24) is 0 Å². The van der Waals surface area contributed by atoms with Gasteiger partial charge in [-0.1, -0.05) is 238 Å². The maximum Gasteiger partial charge on any atom is 0.252 e. The molecule has 2 nitrogen and oxygen atoms in total. The average Bonchev–Trinajstić information content (AvgIpc) is 3.91. The Labute approximate surface area is 451 Å². The summed E-state index contributed by atoms with van der Waals surface area (Å²) in [5, 5.41) is 0.